The van der Waals surface area contributed by atoms with Crippen molar-refractivity contribution in [1.29, 1.82) is 5.26 Å². The zero-order valence-electron chi connectivity index (χ0n) is 17.3. The Morgan fingerprint density at radius 3 is 2.61 bits per heavy atom. The number of ether oxygens (including phenoxy) is 1. The molecule has 33 heavy (non-hydrogen) atoms. The molecule has 166 valence electrons. The number of benzene rings is 2. The van der Waals surface area contributed by atoms with Crippen LogP contribution in [0, 0.1) is 11.3 Å². The molecule has 0 N–H and O–H groups in total. The van der Waals surface area contributed by atoms with Crippen LogP contribution >= 0.6 is 11.3 Å². The number of aromatic nitrogens is 2. The fourth-order valence-electron chi connectivity index (χ4n) is 3.77. The summed E-state index contributed by atoms with van der Waals surface area (Å²) in [5, 5.41) is 11.2. The SMILES string of the molecule is N#CC(=Cc1cc2ccccc2nc1N1CCOCC1)c1nc2cc(C(F)(F)F)ccc2s1. The molecule has 0 unspecified atom stereocenters. The highest BCUT2D eigenvalue weighted by Crippen LogP contribution is 2.35. The minimum atomic E-state index is -4.45. The first-order valence-corrected chi connectivity index (χ1v) is 11.1. The van der Waals surface area contributed by atoms with E-state index in [1.807, 2.05) is 30.3 Å². The molecular formula is C24H17F3N4OS. The van der Waals surface area contributed by atoms with Crippen molar-refractivity contribution < 1.29 is 17.9 Å². The van der Waals surface area contributed by atoms with Gasteiger partial charge in [0.1, 0.15) is 16.9 Å². The van der Waals surface area contributed by atoms with Gasteiger partial charge in [-0.15, -0.1) is 11.3 Å². The smallest absolute Gasteiger partial charge is 0.378 e. The number of hydrogen-bond acceptors (Lipinski definition) is 6. The van der Waals surface area contributed by atoms with Crippen LogP contribution in [0.3, 0.4) is 0 Å². The summed E-state index contributed by atoms with van der Waals surface area (Å²) < 4.78 is 45.3. The van der Waals surface area contributed by atoms with Gasteiger partial charge < -0.3 is 9.64 Å². The van der Waals surface area contributed by atoms with Crippen molar-refractivity contribution in [1.82, 2.24) is 9.97 Å². The van der Waals surface area contributed by atoms with E-state index in [1.54, 1.807) is 6.08 Å². The summed E-state index contributed by atoms with van der Waals surface area (Å²) in [6.45, 7) is 2.52. The summed E-state index contributed by atoms with van der Waals surface area (Å²) >= 11 is 1.19. The van der Waals surface area contributed by atoms with E-state index >= 15 is 0 Å². The molecule has 0 amide bonds. The second-order valence-corrected chi connectivity index (χ2v) is 8.59. The molecule has 1 fully saturated rings. The van der Waals surface area contributed by atoms with Gasteiger partial charge in [0.15, 0.2) is 0 Å². The summed E-state index contributed by atoms with van der Waals surface area (Å²) in [6.07, 6.45) is -2.73. The van der Waals surface area contributed by atoms with Crippen LogP contribution in [0.4, 0.5) is 19.0 Å². The Kier molecular flexibility index (Phi) is 5.48. The molecule has 2 aromatic heterocycles. The Morgan fingerprint density at radius 2 is 1.85 bits per heavy atom. The molecule has 4 aromatic rings. The molecule has 0 spiro atoms. The fraction of sp³-hybridized carbons (Fsp3) is 0.208. The van der Waals surface area contributed by atoms with Crippen molar-refractivity contribution in [2.45, 2.75) is 6.18 Å². The van der Waals surface area contributed by atoms with E-state index in [4.69, 9.17) is 9.72 Å². The molecule has 0 radical (unpaired) electrons. The van der Waals surface area contributed by atoms with Gasteiger partial charge in [-0.2, -0.15) is 18.4 Å². The van der Waals surface area contributed by atoms with E-state index in [-0.39, 0.29) is 11.1 Å². The van der Waals surface area contributed by atoms with E-state index < -0.39 is 11.7 Å². The van der Waals surface area contributed by atoms with E-state index in [9.17, 15) is 18.4 Å². The number of nitrogens with zero attached hydrogens (tertiary/aromatic N) is 4. The first kappa shape index (κ1) is 21.4. The van der Waals surface area contributed by atoms with Gasteiger partial charge in [0.25, 0.3) is 0 Å². The van der Waals surface area contributed by atoms with Crippen LogP contribution in [-0.2, 0) is 10.9 Å². The van der Waals surface area contributed by atoms with Crippen LogP contribution in [0.5, 0.6) is 0 Å². The van der Waals surface area contributed by atoms with E-state index in [2.05, 4.69) is 16.0 Å². The maximum absolute atomic E-state index is 13.1. The van der Waals surface area contributed by atoms with E-state index in [0.29, 0.717) is 36.0 Å². The molecule has 5 rings (SSSR count). The summed E-state index contributed by atoms with van der Waals surface area (Å²) in [5.74, 6) is 0.741. The number of anilines is 1. The number of nitriles is 1. The van der Waals surface area contributed by atoms with Gasteiger partial charge >= 0.3 is 6.18 Å². The minimum absolute atomic E-state index is 0.219. The summed E-state index contributed by atoms with van der Waals surface area (Å²) in [4.78, 5) is 11.3. The molecule has 9 heteroatoms. The molecule has 1 saturated heterocycles. The number of hydrogen-bond donors (Lipinski definition) is 0. The number of alkyl halides is 3. The van der Waals surface area contributed by atoms with Crippen LogP contribution in [0.2, 0.25) is 0 Å². The first-order valence-electron chi connectivity index (χ1n) is 10.2. The zero-order chi connectivity index (χ0) is 23.0. The number of pyridine rings is 1. The van der Waals surface area contributed by atoms with Gasteiger partial charge in [-0.05, 0) is 36.4 Å². The van der Waals surface area contributed by atoms with Crippen LogP contribution in [-0.4, -0.2) is 36.3 Å². The zero-order valence-corrected chi connectivity index (χ0v) is 18.1. The minimum Gasteiger partial charge on any atom is -0.378 e. The fourth-order valence-corrected chi connectivity index (χ4v) is 4.69. The number of morpholine rings is 1. The number of allylic oxidation sites excluding steroid dienone is 1. The third kappa shape index (κ3) is 4.27. The highest BCUT2D eigenvalue weighted by molar-refractivity contribution is 7.19. The van der Waals surface area contributed by atoms with Gasteiger partial charge in [-0.1, -0.05) is 18.2 Å². The standard InChI is InChI=1S/C24H17F3N4OS/c25-24(26,27)18-5-6-21-20(13-18)30-23(33-21)17(14-28)12-16-11-15-3-1-2-4-19(15)29-22(16)31-7-9-32-10-8-31/h1-6,11-13H,7-10H2. The average molecular weight is 466 g/mol. The maximum Gasteiger partial charge on any atom is 0.416 e. The quantitative estimate of drug-likeness (QED) is 0.359. The Morgan fingerprint density at radius 1 is 1.06 bits per heavy atom. The van der Waals surface area contributed by atoms with Crippen LogP contribution in [0.1, 0.15) is 16.1 Å². The van der Waals surface area contributed by atoms with Crippen molar-refractivity contribution in [2.75, 3.05) is 31.2 Å². The first-order chi connectivity index (χ1) is 15.9. The number of para-hydroxylation sites is 1. The van der Waals surface area contributed by atoms with Gasteiger partial charge in [-0.25, -0.2) is 9.97 Å². The monoisotopic (exact) mass is 466 g/mol. The van der Waals surface area contributed by atoms with Crippen molar-refractivity contribution in [3.8, 4) is 6.07 Å². The second kappa shape index (κ2) is 8.46. The lowest BCUT2D eigenvalue weighted by Gasteiger charge is -2.29. The largest absolute Gasteiger partial charge is 0.416 e. The third-order valence-electron chi connectivity index (χ3n) is 5.41. The molecule has 0 atom stereocenters. The highest BCUT2D eigenvalue weighted by atomic mass is 32.1. The van der Waals surface area contributed by atoms with Crippen molar-refractivity contribution in [2.24, 2.45) is 0 Å². The number of halogens is 3. The lowest BCUT2D eigenvalue weighted by Crippen LogP contribution is -2.37. The Bertz CT molecular complexity index is 1420. The number of rotatable bonds is 3. The Hall–Kier alpha value is -3.48. The molecule has 0 aliphatic carbocycles. The van der Waals surface area contributed by atoms with Crippen LogP contribution in [0.15, 0.2) is 48.5 Å². The molecule has 0 saturated carbocycles. The molecular weight excluding hydrogens is 449 g/mol. The van der Waals surface area contributed by atoms with Crippen LogP contribution in [0.25, 0.3) is 32.8 Å². The van der Waals surface area contributed by atoms with Crippen molar-refractivity contribution in [3.05, 3.63) is 64.7 Å². The predicted molar refractivity (Wildman–Crippen MR) is 123 cm³/mol. The number of thiazole rings is 1. The summed E-state index contributed by atoms with van der Waals surface area (Å²) in [7, 11) is 0. The number of fused-ring (bicyclic) bond motifs is 2. The summed E-state index contributed by atoms with van der Waals surface area (Å²) in [5.41, 5.74) is 1.33. The highest BCUT2D eigenvalue weighted by Gasteiger charge is 2.31. The average Bonchev–Trinajstić information content (AvgIpc) is 3.25. The lowest BCUT2D eigenvalue weighted by atomic mass is 10.1. The molecule has 3 heterocycles. The molecule has 0 bridgehead atoms. The second-order valence-electron chi connectivity index (χ2n) is 7.56. The molecule has 2 aromatic carbocycles. The molecule has 5 nitrogen and oxygen atoms in total. The van der Waals surface area contributed by atoms with E-state index in [1.165, 1.54) is 17.4 Å². The third-order valence-corrected chi connectivity index (χ3v) is 6.48. The predicted octanol–water partition coefficient (Wildman–Crippen LogP) is 5.76. The van der Waals surface area contributed by atoms with Crippen molar-refractivity contribution >= 4 is 49.9 Å². The molecule has 1 aliphatic rings. The van der Waals surface area contributed by atoms with Crippen molar-refractivity contribution in [3.63, 3.8) is 0 Å². The van der Waals surface area contributed by atoms with Crippen LogP contribution < -0.4 is 4.90 Å². The maximum atomic E-state index is 13.1. The van der Waals surface area contributed by atoms with Gasteiger partial charge in [0.2, 0.25) is 0 Å². The lowest BCUT2D eigenvalue weighted by molar-refractivity contribution is -0.137. The van der Waals surface area contributed by atoms with E-state index in [0.717, 1.165) is 34.4 Å². The Balaban J connectivity index is 1.62. The molecule has 1 aliphatic heterocycles. The Labute approximate surface area is 191 Å². The van der Waals surface area contributed by atoms with Gasteiger partial charge in [0.05, 0.1) is 40.1 Å². The summed E-state index contributed by atoms with van der Waals surface area (Å²) in [6, 6.07) is 15.3. The van der Waals surface area contributed by atoms with Gasteiger partial charge in [-0.3, -0.25) is 0 Å². The normalized spacial score (nSPS) is 15.2. The topological polar surface area (TPSA) is 62.0 Å². The van der Waals surface area contributed by atoms with Gasteiger partial charge in [0, 0.05) is 24.0 Å².